The molecule has 26 heavy (non-hydrogen) atoms. The second kappa shape index (κ2) is 8.69. The summed E-state index contributed by atoms with van der Waals surface area (Å²) in [6.07, 6.45) is 6.54. The summed E-state index contributed by atoms with van der Waals surface area (Å²) < 4.78 is 12.4. The van der Waals surface area contributed by atoms with E-state index in [-0.39, 0.29) is 5.91 Å². The van der Waals surface area contributed by atoms with Crippen LogP contribution in [0.25, 0.3) is 0 Å². The van der Waals surface area contributed by atoms with Gasteiger partial charge in [-0.2, -0.15) is 5.10 Å². The molecule has 1 unspecified atom stereocenters. The lowest BCUT2D eigenvalue weighted by molar-refractivity contribution is -0.130. The van der Waals surface area contributed by atoms with Gasteiger partial charge in [-0.15, -0.1) is 0 Å². The van der Waals surface area contributed by atoms with E-state index >= 15 is 0 Å². The van der Waals surface area contributed by atoms with Gasteiger partial charge in [-0.3, -0.25) is 9.48 Å². The number of nitrogens with zero attached hydrogens (tertiary/aromatic N) is 4. The van der Waals surface area contributed by atoms with E-state index in [2.05, 4.69) is 16.1 Å². The van der Waals surface area contributed by atoms with Gasteiger partial charge in [0.2, 0.25) is 5.91 Å². The van der Waals surface area contributed by atoms with Crippen LogP contribution in [0.1, 0.15) is 24.8 Å². The molecule has 1 aromatic heterocycles. The fourth-order valence-corrected chi connectivity index (χ4v) is 3.47. The van der Waals surface area contributed by atoms with Crippen LogP contribution in [0.4, 0.5) is 0 Å². The summed E-state index contributed by atoms with van der Waals surface area (Å²) in [5, 5.41) is 4.06. The van der Waals surface area contributed by atoms with Gasteiger partial charge in [0.1, 0.15) is 12.7 Å². The van der Waals surface area contributed by atoms with Crippen LogP contribution in [0.5, 0.6) is 11.5 Å². The van der Waals surface area contributed by atoms with Crippen LogP contribution in [-0.4, -0.2) is 52.9 Å². The van der Waals surface area contributed by atoms with Gasteiger partial charge >= 0.3 is 0 Å². The van der Waals surface area contributed by atoms with Crippen LogP contribution in [0, 0.1) is 5.92 Å². The van der Waals surface area contributed by atoms with E-state index in [1.165, 1.54) is 11.9 Å². The van der Waals surface area contributed by atoms with Crippen molar-refractivity contribution >= 4 is 5.91 Å². The highest BCUT2D eigenvalue weighted by Gasteiger charge is 2.26. The van der Waals surface area contributed by atoms with Crippen LogP contribution < -0.4 is 9.47 Å². The highest BCUT2D eigenvalue weighted by molar-refractivity contribution is 5.76. The molecule has 0 spiro atoms. The minimum Gasteiger partial charge on any atom is -0.493 e. The number of carbonyl (C=O) groups is 1. The Balaban J connectivity index is 1.46. The second-order valence-electron chi connectivity index (χ2n) is 6.65. The molecule has 0 saturated carbocycles. The summed E-state index contributed by atoms with van der Waals surface area (Å²) in [6.45, 7) is 2.41. The fraction of sp³-hybridized carbons (Fsp3) is 0.526. The molecule has 0 N–H and O–H groups in total. The van der Waals surface area contributed by atoms with Crippen molar-refractivity contribution in [2.75, 3.05) is 27.3 Å². The molecule has 1 fully saturated rings. The smallest absolute Gasteiger partial charge is 0.222 e. The van der Waals surface area contributed by atoms with Gasteiger partial charge in [0.15, 0.2) is 11.5 Å². The molecule has 1 atom stereocenters. The number of hydrogen-bond donors (Lipinski definition) is 0. The predicted octanol–water partition coefficient (Wildman–Crippen LogP) is 2.17. The number of carbonyl (C=O) groups excluding carboxylic acids is 1. The Labute approximate surface area is 153 Å². The van der Waals surface area contributed by atoms with E-state index in [1.54, 1.807) is 25.2 Å². The first-order valence-corrected chi connectivity index (χ1v) is 9.00. The average Bonchev–Trinajstić information content (AvgIpc) is 3.33. The minimum atomic E-state index is 0.236. The van der Waals surface area contributed by atoms with Crippen LogP contribution in [0.2, 0.25) is 0 Å². The number of likely N-dealkylation sites (tertiary alicyclic amines) is 1. The lowest BCUT2D eigenvalue weighted by Gasteiger charge is -2.17. The van der Waals surface area contributed by atoms with Crippen LogP contribution in [0.3, 0.4) is 0 Å². The van der Waals surface area contributed by atoms with Gasteiger partial charge < -0.3 is 14.4 Å². The Morgan fingerprint density at radius 2 is 2.12 bits per heavy atom. The number of rotatable bonds is 8. The lowest BCUT2D eigenvalue weighted by atomic mass is 9.98. The van der Waals surface area contributed by atoms with Crippen molar-refractivity contribution in [2.24, 2.45) is 5.92 Å². The van der Waals surface area contributed by atoms with Crippen molar-refractivity contribution in [2.45, 2.75) is 32.2 Å². The maximum absolute atomic E-state index is 12.4. The standard InChI is InChI=1S/C19H26N4O3/c1-25-17-6-5-15(11-18(17)26-2)10-16-7-9-22(12-16)19(24)4-3-8-23-14-20-13-21-23/h5-6,11,13-14,16H,3-4,7-10,12H2,1-2H3. The van der Waals surface area contributed by atoms with Crippen molar-refractivity contribution in [3.8, 4) is 11.5 Å². The van der Waals surface area contributed by atoms with E-state index in [9.17, 15) is 4.79 Å². The molecule has 2 heterocycles. The van der Waals surface area contributed by atoms with Crippen LogP contribution in [0.15, 0.2) is 30.9 Å². The molecule has 7 nitrogen and oxygen atoms in total. The molecule has 1 aliphatic rings. The first kappa shape index (κ1) is 18.2. The first-order chi connectivity index (χ1) is 12.7. The largest absolute Gasteiger partial charge is 0.493 e. The van der Waals surface area contributed by atoms with Crippen molar-refractivity contribution in [1.82, 2.24) is 19.7 Å². The molecule has 2 aromatic rings. The Bertz CT molecular complexity index is 718. The summed E-state index contributed by atoms with van der Waals surface area (Å²) in [5.74, 6) is 2.23. The number of amides is 1. The summed E-state index contributed by atoms with van der Waals surface area (Å²) >= 11 is 0. The number of ether oxygens (including phenoxy) is 2. The number of benzene rings is 1. The van der Waals surface area contributed by atoms with Gasteiger partial charge in [0.25, 0.3) is 0 Å². The van der Waals surface area contributed by atoms with Crippen molar-refractivity contribution in [3.05, 3.63) is 36.4 Å². The third-order valence-corrected chi connectivity index (χ3v) is 4.86. The molecule has 1 aromatic carbocycles. The van der Waals surface area contributed by atoms with Crippen LogP contribution in [-0.2, 0) is 17.8 Å². The van der Waals surface area contributed by atoms with E-state index in [1.807, 2.05) is 17.0 Å². The number of aryl methyl sites for hydroxylation is 1. The molecular formula is C19H26N4O3. The Hall–Kier alpha value is -2.57. The molecular weight excluding hydrogens is 332 g/mol. The van der Waals surface area contributed by atoms with E-state index < -0.39 is 0 Å². The van der Waals surface area contributed by atoms with Gasteiger partial charge in [-0.25, -0.2) is 4.98 Å². The third-order valence-electron chi connectivity index (χ3n) is 4.86. The topological polar surface area (TPSA) is 69.5 Å². The second-order valence-corrected chi connectivity index (χ2v) is 6.65. The SMILES string of the molecule is COc1ccc(CC2CCN(C(=O)CCCn3cncn3)C2)cc1OC. The van der Waals surface area contributed by atoms with Crippen molar-refractivity contribution in [3.63, 3.8) is 0 Å². The highest BCUT2D eigenvalue weighted by atomic mass is 16.5. The van der Waals surface area contributed by atoms with Gasteiger partial charge in [-0.1, -0.05) is 6.07 Å². The molecule has 0 aliphatic carbocycles. The predicted molar refractivity (Wildman–Crippen MR) is 97.2 cm³/mol. The Kier molecular flexibility index (Phi) is 6.09. The molecule has 7 heteroatoms. The molecule has 1 aliphatic heterocycles. The van der Waals surface area contributed by atoms with E-state index in [4.69, 9.17) is 9.47 Å². The average molecular weight is 358 g/mol. The highest BCUT2D eigenvalue weighted by Crippen LogP contribution is 2.30. The summed E-state index contributed by atoms with van der Waals surface area (Å²) in [4.78, 5) is 18.3. The number of methoxy groups -OCH3 is 2. The monoisotopic (exact) mass is 358 g/mol. The molecule has 0 bridgehead atoms. The third kappa shape index (κ3) is 4.53. The van der Waals surface area contributed by atoms with Crippen LogP contribution >= 0.6 is 0 Å². The van der Waals surface area contributed by atoms with Gasteiger partial charge in [0.05, 0.1) is 14.2 Å². The zero-order valence-corrected chi connectivity index (χ0v) is 15.4. The quantitative estimate of drug-likeness (QED) is 0.723. The molecule has 1 amide bonds. The molecule has 1 saturated heterocycles. The van der Waals surface area contributed by atoms with Crippen molar-refractivity contribution in [1.29, 1.82) is 0 Å². The fourth-order valence-electron chi connectivity index (χ4n) is 3.47. The molecule has 3 rings (SSSR count). The summed E-state index contributed by atoms with van der Waals surface area (Å²) in [7, 11) is 3.29. The summed E-state index contributed by atoms with van der Waals surface area (Å²) in [6, 6.07) is 6.04. The Morgan fingerprint density at radius 3 is 2.85 bits per heavy atom. The Morgan fingerprint density at radius 1 is 1.27 bits per heavy atom. The molecule has 0 radical (unpaired) electrons. The minimum absolute atomic E-state index is 0.236. The van der Waals surface area contributed by atoms with E-state index in [0.717, 1.165) is 50.4 Å². The van der Waals surface area contributed by atoms with E-state index in [0.29, 0.717) is 12.3 Å². The number of aromatic nitrogens is 3. The van der Waals surface area contributed by atoms with Crippen molar-refractivity contribution < 1.29 is 14.3 Å². The zero-order valence-electron chi connectivity index (χ0n) is 15.4. The maximum atomic E-state index is 12.4. The first-order valence-electron chi connectivity index (χ1n) is 9.00. The number of hydrogen-bond acceptors (Lipinski definition) is 5. The maximum Gasteiger partial charge on any atom is 0.222 e. The lowest BCUT2D eigenvalue weighted by Crippen LogP contribution is -2.28. The van der Waals surface area contributed by atoms with Gasteiger partial charge in [-0.05, 0) is 42.9 Å². The summed E-state index contributed by atoms with van der Waals surface area (Å²) in [5.41, 5.74) is 1.22. The normalized spacial score (nSPS) is 16.7. The molecule has 140 valence electrons. The van der Waals surface area contributed by atoms with Gasteiger partial charge in [0, 0.05) is 26.1 Å². The zero-order chi connectivity index (χ0) is 18.4.